The second-order valence-electron chi connectivity index (χ2n) is 7.27. The fourth-order valence-corrected chi connectivity index (χ4v) is 5.17. The van der Waals surface area contributed by atoms with Crippen LogP contribution in [0.25, 0.3) is 0 Å². The number of piperidine rings is 1. The number of hydrogen-bond donors (Lipinski definition) is 3. The summed E-state index contributed by atoms with van der Waals surface area (Å²) in [5, 5.41) is 2.85. The van der Waals surface area contributed by atoms with Crippen LogP contribution in [-0.2, 0) is 21.4 Å². The highest BCUT2D eigenvalue weighted by Gasteiger charge is 2.35. The maximum atomic E-state index is 13.0. The molecule has 2 aromatic rings. The largest absolute Gasteiger partial charge is 0.352 e. The second-order valence-corrected chi connectivity index (χ2v) is 9.14. The Balaban J connectivity index is 1.73. The van der Waals surface area contributed by atoms with Gasteiger partial charge in [-0.05, 0) is 32.3 Å². The van der Waals surface area contributed by atoms with Gasteiger partial charge in [-0.2, -0.15) is 4.31 Å². The van der Waals surface area contributed by atoms with Crippen molar-refractivity contribution >= 4 is 15.9 Å². The smallest absolute Gasteiger partial charge is 0.325 e. The molecule has 0 aliphatic carbocycles. The second kappa shape index (κ2) is 8.34. The van der Waals surface area contributed by atoms with Gasteiger partial charge >= 0.3 is 5.69 Å². The number of carbonyl (C=O) groups is 1. The van der Waals surface area contributed by atoms with Crippen molar-refractivity contribution < 1.29 is 13.2 Å². The molecule has 3 N–H and O–H groups in total. The molecule has 0 spiro atoms. The van der Waals surface area contributed by atoms with Crippen LogP contribution in [0.3, 0.4) is 0 Å². The van der Waals surface area contributed by atoms with Crippen molar-refractivity contribution in [3.63, 3.8) is 0 Å². The molecule has 0 bridgehead atoms. The number of benzene rings is 1. The van der Waals surface area contributed by atoms with E-state index in [1.54, 1.807) is 0 Å². The molecule has 1 fully saturated rings. The fraction of sp³-hybridized carbons (Fsp3) is 0.421. The average molecular weight is 420 g/mol. The van der Waals surface area contributed by atoms with Crippen molar-refractivity contribution in [3.05, 3.63) is 61.9 Å². The number of H-pyrrole nitrogens is 2. The molecule has 29 heavy (non-hydrogen) atoms. The summed E-state index contributed by atoms with van der Waals surface area (Å²) < 4.78 is 27.1. The summed E-state index contributed by atoms with van der Waals surface area (Å²) in [6.07, 6.45) is 1.06. The van der Waals surface area contributed by atoms with Gasteiger partial charge in [-0.1, -0.05) is 29.8 Å². The van der Waals surface area contributed by atoms with E-state index in [0.717, 1.165) is 15.4 Å². The quantitative estimate of drug-likeness (QED) is 0.644. The van der Waals surface area contributed by atoms with Gasteiger partial charge in [-0.3, -0.25) is 14.6 Å². The highest BCUT2D eigenvalue weighted by molar-refractivity contribution is 7.89. The van der Waals surface area contributed by atoms with Crippen LogP contribution in [0.2, 0.25) is 0 Å². The van der Waals surface area contributed by atoms with Crippen molar-refractivity contribution in [2.75, 3.05) is 13.1 Å². The number of aromatic amines is 2. The predicted molar refractivity (Wildman–Crippen MR) is 107 cm³/mol. The van der Waals surface area contributed by atoms with Crippen LogP contribution in [0, 0.1) is 19.8 Å². The lowest BCUT2D eigenvalue weighted by atomic mass is 9.98. The first kappa shape index (κ1) is 21.0. The van der Waals surface area contributed by atoms with E-state index in [0.29, 0.717) is 19.4 Å². The molecular formula is C19H24N4O5S. The molecule has 10 heteroatoms. The normalized spacial score (nSPS) is 17.8. The van der Waals surface area contributed by atoms with Crippen LogP contribution in [0.5, 0.6) is 0 Å². The van der Waals surface area contributed by atoms with Gasteiger partial charge in [0.2, 0.25) is 15.9 Å². The standard InChI is InChI=1S/C19H24N4O5S/c1-12-5-7-14(8-6-12)10-20-17(24)15-4-3-9-23(11-15)29(27,28)16-13(2)21-19(26)22-18(16)25/h5-8,15H,3-4,9-11H2,1-2H3,(H,20,24)(H2,21,22,25,26)/t15-/m1/s1. The van der Waals surface area contributed by atoms with Gasteiger partial charge in [-0.25, -0.2) is 13.2 Å². The Kier molecular flexibility index (Phi) is 6.04. The lowest BCUT2D eigenvalue weighted by Crippen LogP contribution is -2.46. The highest BCUT2D eigenvalue weighted by atomic mass is 32.2. The van der Waals surface area contributed by atoms with Gasteiger partial charge in [-0.15, -0.1) is 0 Å². The molecule has 1 atom stereocenters. The molecule has 0 unspecified atom stereocenters. The molecule has 0 radical (unpaired) electrons. The summed E-state index contributed by atoms with van der Waals surface area (Å²) in [5.74, 6) is -0.733. The van der Waals surface area contributed by atoms with E-state index in [9.17, 15) is 22.8 Å². The predicted octanol–water partition coefficient (Wildman–Crippen LogP) is 0.397. The van der Waals surface area contributed by atoms with Gasteiger partial charge < -0.3 is 10.3 Å². The first-order chi connectivity index (χ1) is 13.7. The summed E-state index contributed by atoms with van der Waals surface area (Å²) in [6.45, 7) is 3.90. The minimum absolute atomic E-state index is 0.0138. The summed E-state index contributed by atoms with van der Waals surface area (Å²) in [5.41, 5.74) is 0.334. The van der Waals surface area contributed by atoms with Crippen LogP contribution in [0.1, 0.15) is 29.7 Å². The van der Waals surface area contributed by atoms with Crippen molar-refractivity contribution in [3.8, 4) is 0 Å². The van der Waals surface area contributed by atoms with Gasteiger partial charge in [0.25, 0.3) is 5.56 Å². The highest BCUT2D eigenvalue weighted by Crippen LogP contribution is 2.23. The van der Waals surface area contributed by atoms with Crippen molar-refractivity contribution in [2.45, 2.75) is 38.1 Å². The van der Waals surface area contributed by atoms with Crippen LogP contribution in [0.4, 0.5) is 0 Å². The van der Waals surface area contributed by atoms with Crippen LogP contribution in [0.15, 0.2) is 38.8 Å². The van der Waals surface area contributed by atoms with Gasteiger partial charge in [0.1, 0.15) is 0 Å². The summed E-state index contributed by atoms with van der Waals surface area (Å²) >= 11 is 0. The zero-order chi connectivity index (χ0) is 21.2. The van der Waals surface area contributed by atoms with Crippen molar-refractivity contribution in [1.82, 2.24) is 19.6 Å². The molecule has 1 aliphatic rings. The van der Waals surface area contributed by atoms with E-state index in [4.69, 9.17) is 0 Å². The van der Waals surface area contributed by atoms with Gasteiger partial charge in [0.15, 0.2) is 4.90 Å². The zero-order valence-corrected chi connectivity index (χ0v) is 17.1. The molecule has 156 valence electrons. The number of sulfonamides is 1. The minimum Gasteiger partial charge on any atom is -0.352 e. The molecule has 1 amide bonds. The zero-order valence-electron chi connectivity index (χ0n) is 16.3. The maximum absolute atomic E-state index is 13.0. The van der Waals surface area contributed by atoms with Crippen LogP contribution < -0.4 is 16.6 Å². The fourth-order valence-electron chi connectivity index (χ4n) is 3.44. The molecular weight excluding hydrogens is 396 g/mol. The average Bonchev–Trinajstić information content (AvgIpc) is 2.66. The Morgan fingerprint density at radius 2 is 1.86 bits per heavy atom. The van der Waals surface area contributed by atoms with Crippen LogP contribution in [-0.4, -0.2) is 41.7 Å². The molecule has 1 aliphatic heterocycles. The third-order valence-electron chi connectivity index (χ3n) is 5.02. The SMILES string of the molecule is Cc1ccc(CNC(=O)[C@@H]2CCCN(S(=O)(=O)c3c(C)[nH]c(=O)[nH]c3=O)C2)cc1. The molecule has 9 nitrogen and oxygen atoms in total. The molecule has 3 rings (SSSR count). The maximum Gasteiger partial charge on any atom is 0.325 e. The number of rotatable bonds is 5. The van der Waals surface area contributed by atoms with E-state index in [1.807, 2.05) is 36.2 Å². The summed E-state index contributed by atoms with van der Waals surface area (Å²) in [4.78, 5) is 39.8. The Labute approximate surface area is 168 Å². The number of aromatic nitrogens is 2. The van der Waals surface area contributed by atoms with E-state index in [2.05, 4.69) is 10.3 Å². The molecule has 1 saturated heterocycles. The number of amides is 1. The number of nitrogens with one attached hydrogen (secondary N) is 3. The van der Waals surface area contributed by atoms with Crippen molar-refractivity contribution in [2.24, 2.45) is 5.92 Å². The lowest BCUT2D eigenvalue weighted by Gasteiger charge is -2.31. The molecule has 1 aromatic heterocycles. The number of hydrogen-bond acceptors (Lipinski definition) is 5. The number of aryl methyl sites for hydroxylation is 2. The van der Waals surface area contributed by atoms with E-state index < -0.39 is 32.1 Å². The monoisotopic (exact) mass is 420 g/mol. The summed E-state index contributed by atoms with van der Waals surface area (Å²) in [7, 11) is -4.14. The van der Waals surface area contributed by atoms with Crippen LogP contribution >= 0.6 is 0 Å². The first-order valence-electron chi connectivity index (χ1n) is 9.35. The Bertz CT molecular complexity index is 1120. The van der Waals surface area contributed by atoms with Gasteiger partial charge in [0, 0.05) is 25.3 Å². The van der Waals surface area contributed by atoms with E-state index in [-0.39, 0.29) is 24.7 Å². The topological polar surface area (TPSA) is 132 Å². The lowest BCUT2D eigenvalue weighted by molar-refractivity contribution is -0.126. The first-order valence-corrected chi connectivity index (χ1v) is 10.8. The van der Waals surface area contributed by atoms with E-state index in [1.165, 1.54) is 6.92 Å². The molecule has 2 heterocycles. The Morgan fingerprint density at radius 3 is 2.52 bits per heavy atom. The third-order valence-corrected chi connectivity index (χ3v) is 7.03. The Hall–Kier alpha value is -2.72. The minimum atomic E-state index is -4.14. The number of nitrogens with zero attached hydrogens (tertiary/aromatic N) is 1. The van der Waals surface area contributed by atoms with Crippen molar-refractivity contribution in [1.29, 1.82) is 0 Å². The molecule has 1 aromatic carbocycles. The van der Waals surface area contributed by atoms with Gasteiger partial charge in [0.05, 0.1) is 5.92 Å². The number of carbonyl (C=O) groups excluding carboxylic acids is 1. The van der Waals surface area contributed by atoms with E-state index >= 15 is 0 Å². The third kappa shape index (κ3) is 4.65. The summed E-state index contributed by atoms with van der Waals surface area (Å²) in [6, 6.07) is 7.78. The molecule has 0 saturated carbocycles. The Morgan fingerprint density at radius 1 is 1.17 bits per heavy atom.